The Balaban J connectivity index is 2.25. The van der Waals surface area contributed by atoms with Gasteiger partial charge in [0.1, 0.15) is 11.6 Å². The van der Waals surface area contributed by atoms with E-state index in [1.807, 2.05) is 20.8 Å². The summed E-state index contributed by atoms with van der Waals surface area (Å²) in [5, 5.41) is 2.15. The minimum Gasteiger partial charge on any atom is -0.491 e. The number of nitrogens with zero attached hydrogens (tertiary/aromatic N) is 1. The molecule has 0 saturated heterocycles. The van der Waals surface area contributed by atoms with Crippen LogP contribution < -0.4 is 21.3 Å². The van der Waals surface area contributed by atoms with E-state index >= 15 is 0 Å². The molecule has 1 aliphatic heterocycles. The van der Waals surface area contributed by atoms with Crippen LogP contribution in [-0.2, 0) is 0 Å². The molecule has 2 aromatic rings. The van der Waals surface area contributed by atoms with Gasteiger partial charge in [0, 0.05) is 12.1 Å². The Kier molecular flexibility index (Phi) is 3.63. The Hall–Kier alpha value is -3.09. The fourth-order valence-corrected chi connectivity index (χ4v) is 2.70. The highest BCUT2D eigenvalue weighted by atomic mass is 16.5. The molecule has 2 amide bonds. The summed E-state index contributed by atoms with van der Waals surface area (Å²) in [5.41, 5.74) is 6.88. The molecule has 24 heavy (non-hydrogen) atoms. The van der Waals surface area contributed by atoms with E-state index in [1.165, 1.54) is 4.57 Å². The summed E-state index contributed by atoms with van der Waals surface area (Å²) in [7, 11) is 0. The number of imide groups is 1. The highest BCUT2D eigenvalue weighted by Gasteiger charge is 2.32. The third-order valence-corrected chi connectivity index (χ3v) is 3.75. The van der Waals surface area contributed by atoms with Crippen LogP contribution >= 0.6 is 0 Å². The summed E-state index contributed by atoms with van der Waals surface area (Å²) in [4.78, 5) is 36.1. The minimum absolute atomic E-state index is 0.00554. The molecule has 2 heterocycles. The number of amides is 2. The molecule has 1 aromatic carbocycles. The zero-order valence-electron chi connectivity index (χ0n) is 13.5. The van der Waals surface area contributed by atoms with Crippen molar-refractivity contribution in [3.63, 3.8) is 0 Å². The van der Waals surface area contributed by atoms with Crippen LogP contribution in [0.3, 0.4) is 0 Å². The van der Waals surface area contributed by atoms with Gasteiger partial charge in [0.25, 0.3) is 17.4 Å². The number of aromatic nitrogens is 1. The number of hydrogen-bond donors (Lipinski definition) is 2. The van der Waals surface area contributed by atoms with E-state index < -0.39 is 17.4 Å². The van der Waals surface area contributed by atoms with Gasteiger partial charge in [0.05, 0.1) is 22.9 Å². The average Bonchev–Trinajstić information content (AvgIpc) is 2.76. The average molecular weight is 327 g/mol. The molecule has 0 saturated carbocycles. The van der Waals surface area contributed by atoms with E-state index in [0.717, 1.165) is 11.6 Å². The zero-order valence-corrected chi connectivity index (χ0v) is 13.5. The van der Waals surface area contributed by atoms with Crippen LogP contribution in [-0.4, -0.2) is 22.5 Å². The fourth-order valence-electron chi connectivity index (χ4n) is 2.70. The van der Waals surface area contributed by atoms with Crippen LogP contribution in [0.4, 0.5) is 5.82 Å². The van der Waals surface area contributed by atoms with Crippen molar-refractivity contribution in [3.05, 3.63) is 51.3 Å². The number of anilines is 1. The predicted molar refractivity (Wildman–Crippen MR) is 88.7 cm³/mol. The normalized spacial score (nSPS) is 13.2. The second-order valence-corrected chi connectivity index (χ2v) is 5.89. The molecule has 7 heteroatoms. The first-order valence-corrected chi connectivity index (χ1v) is 7.48. The number of nitrogens with one attached hydrogen (secondary N) is 1. The molecule has 7 nitrogen and oxygen atoms in total. The lowest BCUT2D eigenvalue weighted by Crippen LogP contribution is -2.24. The summed E-state index contributed by atoms with van der Waals surface area (Å²) < 4.78 is 6.87. The third-order valence-electron chi connectivity index (χ3n) is 3.75. The molecule has 1 aliphatic rings. The lowest BCUT2D eigenvalue weighted by Gasteiger charge is -2.16. The lowest BCUT2D eigenvalue weighted by molar-refractivity contribution is 0.0880. The van der Waals surface area contributed by atoms with E-state index in [9.17, 15) is 14.4 Å². The molecule has 0 aliphatic carbocycles. The Bertz CT molecular complexity index is 928. The monoisotopic (exact) mass is 327 g/mol. The molecule has 0 bridgehead atoms. The minimum atomic E-state index is -0.612. The first kappa shape index (κ1) is 15.8. The number of rotatable bonds is 3. The van der Waals surface area contributed by atoms with Crippen LogP contribution in [0.5, 0.6) is 5.75 Å². The standard InChI is InChI=1S/C17H17N3O4/c1-8(2)24-10-5-4-9(3)12(6-10)20-13(21)7-11-14(15(20)18)17(23)19-16(11)22/h4-8H,18H2,1-3H3,(H,19,22,23). The topological polar surface area (TPSA) is 103 Å². The zero-order chi connectivity index (χ0) is 17.6. The maximum atomic E-state index is 12.5. The van der Waals surface area contributed by atoms with Gasteiger partial charge in [-0.1, -0.05) is 6.07 Å². The second-order valence-electron chi connectivity index (χ2n) is 5.89. The number of carbonyl (C=O) groups excluding carboxylic acids is 2. The van der Waals surface area contributed by atoms with E-state index in [-0.39, 0.29) is 23.0 Å². The fraction of sp³-hybridized carbons (Fsp3) is 0.235. The first-order valence-electron chi connectivity index (χ1n) is 7.48. The van der Waals surface area contributed by atoms with Gasteiger partial charge < -0.3 is 10.5 Å². The largest absolute Gasteiger partial charge is 0.491 e. The summed E-state index contributed by atoms with van der Waals surface area (Å²) in [5.74, 6) is -0.698. The lowest BCUT2D eigenvalue weighted by atomic mass is 10.1. The number of ether oxygens (including phenoxy) is 1. The smallest absolute Gasteiger partial charge is 0.262 e. The van der Waals surface area contributed by atoms with Crippen LogP contribution in [0.25, 0.3) is 5.69 Å². The highest BCUT2D eigenvalue weighted by Crippen LogP contribution is 2.27. The highest BCUT2D eigenvalue weighted by molar-refractivity contribution is 6.23. The van der Waals surface area contributed by atoms with Crippen molar-refractivity contribution in [2.45, 2.75) is 26.9 Å². The molecule has 0 radical (unpaired) electrons. The van der Waals surface area contributed by atoms with Crippen LogP contribution in [0.2, 0.25) is 0 Å². The number of benzene rings is 1. The Labute approximate surface area is 138 Å². The van der Waals surface area contributed by atoms with Gasteiger partial charge in [-0.2, -0.15) is 0 Å². The molecule has 1 aromatic heterocycles. The quantitative estimate of drug-likeness (QED) is 0.829. The molecular weight excluding hydrogens is 310 g/mol. The van der Waals surface area contributed by atoms with Gasteiger partial charge in [-0.05, 0) is 32.4 Å². The van der Waals surface area contributed by atoms with Gasteiger partial charge >= 0.3 is 0 Å². The predicted octanol–water partition coefficient (Wildman–Crippen LogP) is 1.40. The van der Waals surface area contributed by atoms with Crippen molar-refractivity contribution < 1.29 is 14.3 Å². The summed E-state index contributed by atoms with van der Waals surface area (Å²) in [6.07, 6.45) is -0.0296. The molecule has 3 N–H and O–H groups in total. The first-order chi connectivity index (χ1) is 11.3. The van der Waals surface area contributed by atoms with Crippen LogP contribution in [0.15, 0.2) is 29.1 Å². The van der Waals surface area contributed by atoms with Gasteiger partial charge in [0.2, 0.25) is 0 Å². The number of aryl methyl sites for hydroxylation is 1. The molecule has 3 rings (SSSR count). The maximum Gasteiger partial charge on any atom is 0.262 e. The molecule has 124 valence electrons. The van der Waals surface area contributed by atoms with E-state index in [0.29, 0.717) is 11.4 Å². The second kappa shape index (κ2) is 5.52. The van der Waals surface area contributed by atoms with Gasteiger partial charge in [0.15, 0.2) is 0 Å². The van der Waals surface area contributed by atoms with E-state index in [4.69, 9.17) is 10.5 Å². The van der Waals surface area contributed by atoms with E-state index in [1.54, 1.807) is 18.2 Å². The molecule has 0 spiro atoms. The number of pyridine rings is 1. The summed E-state index contributed by atoms with van der Waals surface area (Å²) in [6, 6.07) is 6.41. The van der Waals surface area contributed by atoms with Gasteiger partial charge in [-0.3, -0.25) is 24.3 Å². The van der Waals surface area contributed by atoms with Crippen molar-refractivity contribution in [2.75, 3.05) is 5.73 Å². The third kappa shape index (κ3) is 2.44. The number of nitrogen functional groups attached to an aromatic ring is 1. The Morgan fingerprint density at radius 3 is 2.50 bits per heavy atom. The van der Waals surface area contributed by atoms with Gasteiger partial charge in [-0.25, -0.2) is 0 Å². The number of carbonyl (C=O) groups is 2. The van der Waals surface area contributed by atoms with Crippen LogP contribution in [0.1, 0.15) is 40.1 Å². The number of hydrogen-bond acceptors (Lipinski definition) is 5. The maximum absolute atomic E-state index is 12.5. The summed E-state index contributed by atoms with van der Waals surface area (Å²) >= 11 is 0. The van der Waals surface area contributed by atoms with Crippen molar-refractivity contribution in [3.8, 4) is 11.4 Å². The molecule has 0 unspecified atom stereocenters. The SMILES string of the molecule is Cc1ccc(OC(C)C)cc1-n1c(N)c2c(cc1=O)C(=O)NC2=O. The van der Waals surface area contributed by atoms with Crippen molar-refractivity contribution in [1.29, 1.82) is 0 Å². The molecule has 0 atom stereocenters. The van der Waals surface area contributed by atoms with Crippen LogP contribution in [0, 0.1) is 6.92 Å². The number of nitrogens with two attached hydrogens (primary N) is 1. The molecular formula is C17H17N3O4. The van der Waals surface area contributed by atoms with Gasteiger partial charge in [-0.15, -0.1) is 0 Å². The van der Waals surface area contributed by atoms with E-state index in [2.05, 4.69) is 5.32 Å². The Morgan fingerprint density at radius 2 is 1.83 bits per heavy atom. The number of fused-ring (bicyclic) bond motifs is 1. The van der Waals surface area contributed by atoms with Crippen molar-refractivity contribution in [1.82, 2.24) is 9.88 Å². The molecule has 0 fully saturated rings. The summed E-state index contributed by atoms with van der Waals surface area (Å²) in [6.45, 7) is 5.61. The van der Waals surface area contributed by atoms with Crippen molar-refractivity contribution >= 4 is 17.6 Å². The van der Waals surface area contributed by atoms with Crippen molar-refractivity contribution in [2.24, 2.45) is 0 Å². The Morgan fingerprint density at radius 1 is 1.12 bits per heavy atom.